The highest BCUT2D eigenvalue weighted by Crippen LogP contribution is 2.41. The zero-order valence-corrected chi connectivity index (χ0v) is 9.39. The van der Waals surface area contributed by atoms with Gasteiger partial charge in [-0.05, 0) is 43.9 Å². The highest BCUT2D eigenvalue weighted by Gasteiger charge is 2.35. The molecule has 3 heteroatoms. The number of anilines is 1. The number of aromatic hydroxyl groups is 1. The van der Waals surface area contributed by atoms with Crippen LogP contribution in [0.1, 0.15) is 18.4 Å². The molecule has 0 bridgehead atoms. The first-order valence-electron chi connectivity index (χ1n) is 6.07. The Kier molecular flexibility index (Phi) is 2.28. The molecule has 1 saturated heterocycles. The van der Waals surface area contributed by atoms with Crippen LogP contribution in [0.15, 0.2) is 18.2 Å². The molecule has 1 aromatic carbocycles. The van der Waals surface area contributed by atoms with Crippen LogP contribution in [0.5, 0.6) is 5.75 Å². The topological polar surface area (TPSA) is 49.5 Å². The second kappa shape index (κ2) is 3.67. The maximum atomic E-state index is 9.85. The van der Waals surface area contributed by atoms with Gasteiger partial charge in [0.2, 0.25) is 0 Å². The molecule has 2 heterocycles. The van der Waals surface area contributed by atoms with Gasteiger partial charge in [0.1, 0.15) is 5.75 Å². The van der Waals surface area contributed by atoms with E-state index in [4.69, 9.17) is 5.73 Å². The molecule has 1 fully saturated rings. The van der Waals surface area contributed by atoms with Crippen LogP contribution in [0.25, 0.3) is 0 Å². The van der Waals surface area contributed by atoms with Gasteiger partial charge in [0, 0.05) is 23.8 Å². The summed E-state index contributed by atoms with van der Waals surface area (Å²) in [6, 6.07) is 6.49. The molecular weight excluding hydrogens is 200 g/mol. The SMILES string of the molecule is NCC1CC2CCc3c(O)cccc3N2C1. The van der Waals surface area contributed by atoms with Crippen molar-refractivity contribution in [3.63, 3.8) is 0 Å². The largest absolute Gasteiger partial charge is 0.508 e. The summed E-state index contributed by atoms with van der Waals surface area (Å²) >= 11 is 0. The Morgan fingerprint density at radius 2 is 2.31 bits per heavy atom. The first-order chi connectivity index (χ1) is 7.79. The third-order valence-electron chi connectivity index (χ3n) is 4.00. The Morgan fingerprint density at radius 3 is 3.12 bits per heavy atom. The minimum atomic E-state index is 0.451. The smallest absolute Gasteiger partial charge is 0.120 e. The van der Waals surface area contributed by atoms with Gasteiger partial charge in [-0.3, -0.25) is 0 Å². The number of benzene rings is 1. The van der Waals surface area contributed by atoms with Crippen molar-refractivity contribution in [2.45, 2.75) is 25.3 Å². The predicted molar refractivity (Wildman–Crippen MR) is 64.7 cm³/mol. The molecule has 3 N–H and O–H groups in total. The Hall–Kier alpha value is -1.22. The maximum absolute atomic E-state index is 9.85. The van der Waals surface area contributed by atoms with Crippen LogP contribution in [0.3, 0.4) is 0 Å². The molecule has 3 nitrogen and oxygen atoms in total. The molecule has 0 aliphatic carbocycles. The monoisotopic (exact) mass is 218 g/mol. The van der Waals surface area contributed by atoms with Gasteiger partial charge in [-0.15, -0.1) is 0 Å². The Morgan fingerprint density at radius 1 is 1.44 bits per heavy atom. The Bertz CT molecular complexity index is 405. The van der Waals surface area contributed by atoms with E-state index < -0.39 is 0 Å². The molecule has 1 aromatic rings. The normalized spacial score (nSPS) is 27.7. The average molecular weight is 218 g/mol. The van der Waals surface area contributed by atoms with Gasteiger partial charge in [-0.2, -0.15) is 0 Å². The molecule has 86 valence electrons. The summed E-state index contributed by atoms with van der Waals surface area (Å²) in [7, 11) is 0. The van der Waals surface area contributed by atoms with Crippen molar-refractivity contribution >= 4 is 5.69 Å². The van der Waals surface area contributed by atoms with Gasteiger partial charge < -0.3 is 15.7 Å². The van der Waals surface area contributed by atoms with Crippen molar-refractivity contribution < 1.29 is 5.11 Å². The molecule has 3 rings (SSSR count). The van der Waals surface area contributed by atoms with E-state index in [1.807, 2.05) is 6.07 Å². The summed E-state index contributed by atoms with van der Waals surface area (Å²) in [6.45, 7) is 1.83. The first kappa shape index (κ1) is 9.97. The molecule has 0 radical (unpaired) electrons. The van der Waals surface area contributed by atoms with Crippen LogP contribution in [0, 0.1) is 5.92 Å². The van der Waals surface area contributed by atoms with Crippen molar-refractivity contribution in [1.29, 1.82) is 0 Å². The Labute approximate surface area is 95.9 Å². The summed E-state index contributed by atoms with van der Waals surface area (Å²) in [4.78, 5) is 2.44. The molecule has 2 aliphatic heterocycles. The van der Waals surface area contributed by atoms with Crippen LogP contribution in [0.4, 0.5) is 5.69 Å². The molecule has 2 unspecified atom stereocenters. The van der Waals surface area contributed by atoms with Gasteiger partial charge in [-0.25, -0.2) is 0 Å². The lowest BCUT2D eigenvalue weighted by Crippen LogP contribution is -2.34. The van der Waals surface area contributed by atoms with Crippen molar-refractivity contribution in [2.24, 2.45) is 11.7 Å². The second-order valence-electron chi connectivity index (χ2n) is 4.96. The zero-order chi connectivity index (χ0) is 11.1. The lowest BCUT2D eigenvalue weighted by atomic mass is 9.95. The van der Waals surface area contributed by atoms with E-state index in [1.54, 1.807) is 6.07 Å². The Balaban J connectivity index is 1.97. The number of hydrogen-bond acceptors (Lipinski definition) is 3. The fourth-order valence-corrected chi connectivity index (χ4v) is 3.15. The van der Waals surface area contributed by atoms with E-state index in [9.17, 15) is 5.11 Å². The minimum absolute atomic E-state index is 0.451. The summed E-state index contributed by atoms with van der Waals surface area (Å²) < 4.78 is 0. The fraction of sp³-hybridized carbons (Fsp3) is 0.538. The van der Waals surface area contributed by atoms with Gasteiger partial charge in [0.25, 0.3) is 0 Å². The van der Waals surface area contributed by atoms with Gasteiger partial charge in [-0.1, -0.05) is 6.07 Å². The van der Waals surface area contributed by atoms with Crippen molar-refractivity contribution in [3.8, 4) is 5.75 Å². The fourth-order valence-electron chi connectivity index (χ4n) is 3.15. The summed E-state index contributed by atoms with van der Waals surface area (Å²) in [5.41, 5.74) is 8.11. The van der Waals surface area contributed by atoms with Crippen LogP contribution < -0.4 is 10.6 Å². The third-order valence-corrected chi connectivity index (χ3v) is 4.00. The minimum Gasteiger partial charge on any atom is -0.508 e. The molecule has 0 spiro atoms. The molecule has 2 atom stereocenters. The van der Waals surface area contributed by atoms with E-state index in [-0.39, 0.29) is 0 Å². The maximum Gasteiger partial charge on any atom is 0.120 e. The lowest BCUT2D eigenvalue weighted by Gasteiger charge is -2.33. The number of nitrogens with zero attached hydrogens (tertiary/aromatic N) is 1. The van der Waals surface area contributed by atoms with E-state index in [1.165, 1.54) is 12.1 Å². The summed E-state index contributed by atoms with van der Waals surface area (Å²) in [6.07, 6.45) is 3.37. The molecular formula is C13H18N2O. The van der Waals surface area contributed by atoms with Gasteiger partial charge in [0.15, 0.2) is 0 Å². The number of fused-ring (bicyclic) bond motifs is 3. The summed E-state index contributed by atoms with van der Waals surface area (Å²) in [5, 5.41) is 9.85. The van der Waals surface area contributed by atoms with E-state index in [2.05, 4.69) is 11.0 Å². The van der Waals surface area contributed by atoms with Gasteiger partial charge in [0.05, 0.1) is 0 Å². The number of rotatable bonds is 1. The van der Waals surface area contributed by atoms with E-state index >= 15 is 0 Å². The van der Waals surface area contributed by atoms with E-state index in [0.29, 0.717) is 17.7 Å². The molecule has 0 saturated carbocycles. The van der Waals surface area contributed by atoms with Crippen molar-refractivity contribution in [2.75, 3.05) is 18.0 Å². The van der Waals surface area contributed by atoms with Crippen molar-refractivity contribution in [3.05, 3.63) is 23.8 Å². The number of nitrogens with two attached hydrogens (primary N) is 1. The van der Waals surface area contributed by atoms with E-state index in [0.717, 1.165) is 31.5 Å². The van der Waals surface area contributed by atoms with Gasteiger partial charge >= 0.3 is 0 Å². The van der Waals surface area contributed by atoms with Crippen LogP contribution in [-0.4, -0.2) is 24.2 Å². The molecule has 16 heavy (non-hydrogen) atoms. The third kappa shape index (κ3) is 1.39. The summed E-state index contributed by atoms with van der Waals surface area (Å²) in [5.74, 6) is 1.07. The quantitative estimate of drug-likeness (QED) is 0.751. The average Bonchev–Trinajstić information content (AvgIpc) is 2.72. The van der Waals surface area contributed by atoms with Crippen LogP contribution in [0.2, 0.25) is 0 Å². The highest BCUT2D eigenvalue weighted by molar-refractivity contribution is 5.62. The predicted octanol–water partition coefficient (Wildman–Crippen LogP) is 1.49. The van der Waals surface area contributed by atoms with Crippen LogP contribution >= 0.6 is 0 Å². The standard InChI is InChI=1S/C13H18N2O/c14-7-9-6-10-4-5-11-12(15(10)8-9)2-1-3-13(11)16/h1-3,9-10,16H,4-8,14H2. The lowest BCUT2D eigenvalue weighted by molar-refractivity contribution is 0.459. The number of phenolic OH excluding ortho intramolecular Hbond substituents is 1. The zero-order valence-electron chi connectivity index (χ0n) is 9.39. The molecule has 0 amide bonds. The van der Waals surface area contributed by atoms with Crippen molar-refractivity contribution in [1.82, 2.24) is 0 Å². The first-order valence-corrected chi connectivity index (χ1v) is 6.07. The molecule has 0 aromatic heterocycles. The number of hydrogen-bond donors (Lipinski definition) is 2. The van der Waals surface area contributed by atoms with Crippen LogP contribution in [-0.2, 0) is 6.42 Å². The molecule has 2 aliphatic rings. The number of phenols is 1. The highest BCUT2D eigenvalue weighted by atomic mass is 16.3. The second-order valence-corrected chi connectivity index (χ2v) is 4.96.